The van der Waals surface area contributed by atoms with Gasteiger partial charge in [0, 0.05) is 12.6 Å². The number of nitrogens with two attached hydrogens (primary N) is 1. The van der Waals surface area contributed by atoms with E-state index in [4.69, 9.17) is 5.73 Å². The van der Waals surface area contributed by atoms with E-state index in [1.54, 1.807) is 4.57 Å². The largest absolute Gasteiger partial charge is 0.395 e. The van der Waals surface area contributed by atoms with Crippen LogP contribution in [0.3, 0.4) is 0 Å². The van der Waals surface area contributed by atoms with E-state index in [1.165, 1.54) is 0 Å². The number of carbonyl (C=O) groups is 2. The van der Waals surface area contributed by atoms with Crippen molar-refractivity contribution in [1.82, 2.24) is 9.55 Å². The third-order valence-corrected chi connectivity index (χ3v) is 2.92. The predicted molar refractivity (Wildman–Crippen MR) is 52.7 cm³/mol. The van der Waals surface area contributed by atoms with Crippen molar-refractivity contribution >= 4 is 11.6 Å². The summed E-state index contributed by atoms with van der Waals surface area (Å²) in [7, 11) is 0. The van der Waals surface area contributed by atoms with Crippen LogP contribution >= 0.6 is 0 Å². The molecule has 0 saturated heterocycles. The van der Waals surface area contributed by atoms with Crippen molar-refractivity contribution in [3.05, 3.63) is 29.0 Å². The number of allylic oxidation sites excluding steroid dienone is 2. The maximum atomic E-state index is 11.7. The van der Waals surface area contributed by atoms with Crippen molar-refractivity contribution in [2.45, 2.75) is 19.1 Å². The smallest absolute Gasteiger partial charge is 0.229 e. The molecule has 16 heavy (non-hydrogen) atoms. The maximum Gasteiger partial charge on any atom is 0.229 e. The van der Waals surface area contributed by atoms with Gasteiger partial charge in [-0.25, -0.2) is 4.98 Å². The van der Waals surface area contributed by atoms with E-state index in [0.717, 1.165) is 6.08 Å². The van der Waals surface area contributed by atoms with Gasteiger partial charge in [0.05, 0.1) is 5.70 Å². The first-order chi connectivity index (χ1) is 7.59. The van der Waals surface area contributed by atoms with Crippen LogP contribution in [0.2, 0.25) is 0 Å². The van der Waals surface area contributed by atoms with Crippen LogP contribution in [0.5, 0.6) is 0 Å². The van der Waals surface area contributed by atoms with Gasteiger partial charge in [0.2, 0.25) is 11.6 Å². The van der Waals surface area contributed by atoms with Crippen molar-refractivity contribution in [3.63, 3.8) is 0 Å². The molecule has 1 aliphatic heterocycles. The summed E-state index contributed by atoms with van der Waals surface area (Å²) in [5, 5.41) is 9.61. The van der Waals surface area contributed by atoms with Gasteiger partial charge in [0.15, 0.2) is 0 Å². The average molecular weight is 219 g/mol. The van der Waals surface area contributed by atoms with Crippen molar-refractivity contribution < 1.29 is 14.7 Å². The second-order valence-corrected chi connectivity index (χ2v) is 3.92. The Hall–Kier alpha value is -1.95. The van der Waals surface area contributed by atoms with Crippen molar-refractivity contribution in [2.24, 2.45) is 5.73 Å². The Balaban J connectivity index is 2.26. The van der Waals surface area contributed by atoms with Crippen LogP contribution in [0.4, 0.5) is 0 Å². The Morgan fingerprint density at radius 3 is 3.00 bits per heavy atom. The SMILES string of the molecule is NC1=CC(=O)c2c(nc3n2CCC3O)C1=O. The van der Waals surface area contributed by atoms with Crippen LogP contribution in [0, 0.1) is 0 Å². The number of nitrogens with zero attached hydrogens (tertiary/aromatic N) is 2. The molecule has 2 aliphatic rings. The topological polar surface area (TPSA) is 98.2 Å². The van der Waals surface area contributed by atoms with Gasteiger partial charge in [-0.2, -0.15) is 0 Å². The van der Waals surface area contributed by atoms with Crippen molar-refractivity contribution in [3.8, 4) is 0 Å². The number of carbonyl (C=O) groups excluding carboxylic acids is 2. The summed E-state index contributed by atoms with van der Waals surface area (Å²) in [6.07, 6.45) is 0.938. The summed E-state index contributed by atoms with van der Waals surface area (Å²) in [4.78, 5) is 27.4. The van der Waals surface area contributed by atoms with Gasteiger partial charge in [-0.05, 0) is 6.42 Å². The van der Waals surface area contributed by atoms with Crippen LogP contribution in [0.1, 0.15) is 39.3 Å². The Kier molecular flexibility index (Phi) is 1.62. The number of aliphatic hydroxyl groups is 1. The zero-order chi connectivity index (χ0) is 11.4. The number of imidazole rings is 1. The molecule has 1 aromatic rings. The lowest BCUT2D eigenvalue weighted by Crippen LogP contribution is -2.23. The average Bonchev–Trinajstić information content (AvgIpc) is 2.76. The second kappa shape index (κ2) is 2.79. The number of fused-ring (bicyclic) bond motifs is 3. The van der Waals surface area contributed by atoms with E-state index in [9.17, 15) is 14.7 Å². The first-order valence-corrected chi connectivity index (χ1v) is 4.94. The first-order valence-electron chi connectivity index (χ1n) is 4.94. The monoisotopic (exact) mass is 219 g/mol. The number of ketones is 2. The van der Waals surface area contributed by atoms with E-state index in [-0.39, 0.29) is 22.9 Å². The molecular formula is C10H9N3O3. The number of Topliss-reactive ketones (excluding diaryl/α,β-unsaturated/α-hetero) is 1. The third kappa shape index (κ3) is 0.965. The van der Waals surface area contributed by atoms with Gasteiger partial charge in [0.1, 0.15) is 23.3 Å². The zero-order valence-electron chi connectivity index (χ0n) is 8.30. The molecule has 6 nitrogen and oxygen atoms in total. The molecule has 0 spiro atoms. The fraction of sp³-hybridized carbons (Fsp3) is 0.300. The Morgan fingerprint density at radius 2 is 2.25 bits per heavy atom. The Morgan fingerprint density at radius 1 is 1.50 bits per heavy atom. The molecule has 1 unspecified atom stereocenters. The van der Waals surface area contributed by atoms with Gasteiger partial charge in [-0.3, -0.25) is 9.59 Å². The van der Waals surface area contributed by atoms with E-state index in [0.29, 0.717) is 18.8 Å². The van der Waals surface area contributed by atoms with Gasteiger partial charge in [0.25, 0.3) is 0 Å². The van der Waals surface area contributed by atoms with E-state index in [1.807, 2.05) is 0 Å². The summed E-state index contributed by atoms with van der Waals surface area (Å²) >= 11 is 0. The molecule has 6 heteroatoms. The molecule has 2 heterocycles. The summed E-state index contributed by atoms with van der Waals surface area (Å²) < 4.78 is 1.60. The molecule has 1 aliphatic carbocycles. The Bertz CT molecular complexity index is 556. The Labute approximate surface area is 90.4 Å². The molecular weight excluding hydrogens is 210 g/mol. The number of rotatable bonds is 0. The molecule has 0 radical (unpaired) electrons. The number of aromatic nitrogens is 2. The predicted octanol–water partition coefficient (Wildman–Crippen LogP) is -0.458. The molecule has 82 valence electrons. The van der Waals surface area contributed by atoms with E-state index in [2.05, 4.69) is 4.98 Å². The lowest BCUT2D eigenvalue weighted by Gasteiger charge is -2.08. The molecule has 0 amide bonds. The molecule has 0 fully saturated rings. The summed E-state index contributed by atoms with van der Waals surface area (Å²) in [5.41, 5.74) is 5.65. The molecule has 3 rings (SSSR count). The molecule has 1 aromatic heterocycles. The van der Waals surface area contributed by atoms with Crippen molar-refractivity contribution in [1.29, 1.82) is 0 Å². The molecule has 1 atom stereocenters. The minimum atomic E-state index is -0.701. The summed E-state index contributed by atoms with van der Waals surface area (Å²) in [6.45, 7) is 0.506. The standard InChI is InChI=1S/C10H9N3O3/c11-4-3-6(15)8-7(9(4)16)12-10-5(14)1-2-13(8)10/h3,5,14H,1-2,11H2. The molecule has 0 saturated carbocycles. The minimum absolute atomic E-state index is 0.0683. The second-order valence-electron chi connectivity index (χ2n) is 3.92. The highest BCUT2D eigenvalue weighted by molar-refractivity contribution is 6.22. The van der Waals surface area contributed by atoms with Crippen LogP contribution in [-0.4, -0.2) is 26.2 Å². The fourth-order valence-electron chi connectivity index (χ4n) is 2.15. The van der Waals surface area contributed by atoms with Crippen molar-refractivity contribution in [2.75, 3.05) is 0 Å². The minimum Gasteiger partial charge on any atom is -0.395 e. The van der Waals surface area contributed by atoms with Gasteiger partial charge >= 0.3 is 0 Å². The van der Waals surface area contributed by atoms with E-state index >= 15 is 0 Å². The fourth-order valence-corrected chi connectivity index (χ4v) is 2.15. The number of hydrogen-bond acceptors (Lipinski definition) is 5. The van der Waals surface area contributed by atoms with Crippen LogP contribution in [0.15, 0.2) is 11.8 Å². The lowest BCUT2D eigenvalue weighted by molar-refractivity contribution is 0.0975. The number of aliphatic hydroxyl groups excluding tert-OH is 1. The van der Waals surface area contributed by atoms with Crippen LogP contribution in [-0.2, 0) is 6.54 Å². The normalized spacial score (nSPS) is 23.1. The van der Waals surface area contributed by atoms with Crippen LogP contribution in [0.25, 0.3) is 0 Å². The van der Waals surface area contributed by atoms with Gasteiger partial charge < -0.3 is 15.4 Å². The molecule has 0 bridgehead atoms. The highest BCUT2D eigenvalue weighted by Crippen LogP contribution is 2.30. The lowest BCUT2D eigenvalue weighted by atomic mass is 10.0. The maximum absolute atomic E-state index is 11.7. The zero-order valence-corrected chi connectivity index (χ0v) is 8.30. The van der Waals surface area contributed by atoms with Crippen LogP contribution < -0.4 is 5.73 Å². The summed E-state index contributed by atoms with van der Waals surface area (Å²) in [6, 6.07) is 0. The van der Waals surface area contributed by atoms with Gasteiger partial charge in [-0.1, -0.05) is 0 Å². The van der Waals surface area contributed by atoms with E-state index < -0.39 is 11.9 Å². The molecule has 0 aromatic carbocycles. The summed E-state index contributed by atoms with van der Waals surface area (Å²) in [5.74, 6) is -0.376. The third-order valence-electron chi connectivity index (χ3n) is 2.92. The first kappa shape index (κ1) is 9.29. The quantitative estimate of drug-likeness (QED) is 0.615. The number of hydrogen-bond donors (Lipinski definition) is 2. The van der Waals surface area contributed by atoms with Gasteiger partial charge in [-0.15, -0.1) is 0 Å². The highest BCUT2D eigenvalue weighted by Gasteiger charge is 2.35. The molecule has 3 N–H and O–H groups in total. The highest BCUT2D eigenvalue weighted by atomic mass is 16.3.